The second-order valence-corrected chi connectivity index (χ2v) is 4.38. The normalized spacial score (nSPS) is 21.1. The minimum Gasteiger partial charge on any atom is -0.311 e. The Morgan fingerprint density at radius 3 is 2.38 bits per heavy atom. The van der Waals surface area contributed by atoms with E-state index >= 15 is 0 Å². The minimum atomic E-state index is -0.353. The van der Waals surface area contributed by atoms with E-state index in [1.54, 1.807) is 4.90 Å². The number of rotatable bonds is 6. The third-order valence-corrected chi connectivity index (χ3v) is 3.12. The summed E-state index contributed by atoms with van der Waals surface area (Å²) in [7, 11) is 0. The molecule has 0 aromatic rings. The number of imide groups is 1. The van der Waals surface area contributed by atoms with Gasteiger partial charge in [-0.15, -0.1) is 0 Å². The van der Waals surface area contributed by atoms with Gasteiger partial charge in [-0.3, -0.25) is 9.69 Å². The summed E-state index contributed by atoms with van der Waals surface area (Å²) >= 11 is 4.16. The molecular formula is C11H20N2O2S. The minimum absolute atomic E-state index is 0.0852. The zero-order chi connectivity index (χ0) is 12.1. The smallest absolute Gasteiger partial charge is 0.311 e. The molecule has 0 aromatic heterocycles. The van der Waals surface area contributed by atoms with Crippen LogP contribution in [-0.4, -0.2) is 46.6 Å². The molecule has 0 bridgehead atoms. The Labute approximate surface area is 102 Å². The van der Waals surface area contributed by atoms with Gasteiger partial charge < -0.3 is 4.90 Å². The standard InChI is InChI=1S/C11H20N2O2S/c1-3-5-7-12-9(8-16)10(14)13(6-4-2)11(12)15/h9,16H,3-8H2,1-2H3. The first-order valence-electron chi connectivity index (χ1n) is 5.90. The lowest BCUT2D eigenvalue weighted by Crippen LogP contribution is -2.37. The van der Waals surface area contributed by atoms with Crippen molar-refractivity contribution in [1.82, 2.24) is 9.80 Å². The molecule has 0 spiro atoms. The van der Waals surface area contributed by atoms with Gasteiger partial charge in [0.2, 0.25) is 0 Å². The van der Waals surface area contributed by atoms with E-state index in [4.69, 9.17) is 0 Å². The molecule has 92 valence electrons. The lowest BCUT2D eigenvalue weighted by atomic mass is 10.2. The van der Waals surface area contributed by atoms with Gasteiger partial charge in [0.1, 0.15) is 6.04 Å². The Kier molecular flexibility index (Phi) is 5.12. The van der Waals surface area contributed by atoms with E-state index < -0.39 is 0 Å². The zero-order valence-electron chi connectivity index (χ0n) is 9.98. The topological polar surface area (TPSA) is 40.6 Å². The van der Waals surface area contributed by atoms with Gasteiger partial charge in [-0.25, -0.2) is 4.79 Å². The van der Waals surface area contributed by atoms with Crippen molar-refractivity contribution in [1.29, 1.82) is 0 Å². The number of urea groups is 1. The van der Waals surface area contributed by atoms with Crippen molar-refractivity contribution in [2.24, 2.45) is 0 Å². The predicted octanol–water partition coefficient (Wildman–Crippen LogP) is 1.76. The van der Waals surface area contributed by atoms with Crippen LogP contribution in [0.2, 0.25) is 0 Å². The summed E-state index contributed by atoms with van der Waals surface area (Å²) in [4.78, 5) is 26.9. The highest BCUT2D eigenvalue weighted by Gasteiger charge is 2.43. The Morgan fingerprint density at radius 2 is 1.88 bits per heavy atom. The van der Waals surface area contributed by atoms with Gasteiger partial charge in [0, 0.05) is 18.8 Å². The molecule has 16 heavy (non-hydrogen) atoms. The SMILES string of the molecule is CCCCN1C(=O)N(CCC)C(=O)C1CS. The van der Waals surface area contributed by atoms with Crippen LogP contribution < -0.4 is 0 Å². The molecule has 1 aliphatic heterocycles. The van der Waals surface area contributed by atoms with E-state index in [1.165, 1.54) is 4.90 Å². The average Bonchev–Trinajstić information content (AvgIpc) is 2.50. The molecule has 1 fully saturated rings. The van der Waals surface area contributed by atoms with Crippen molar-refractivity contribution in [2.45, 2.75) is 39.2 Å². The molecule has 1 atom stereocenters. The van der Waals surface area contributed by atoms with E-state index in [0.717, 1.165) is 19.3 Å². The van der Waals surface area contributed by atoms with E-state index in [-0.39, 0.29) is 18.0 Å². The lowest BCUT2D eigenvalue weighted by Gasteiger charge is -2.19. The van der Waals surface area contributed by atoms with Gasteiger partial charge in [-0.1, -0.05) is 20.3 Å². The quantitative estimate of drug-likeness (QED) is 0.571. The zero-order valence-corrected chi connectivity index (χ0v) is 10.9. The summed E-state index contributed by atoms with van der Waals surface area (Å²) < 4.78 is 0. The van der Waals surface area contributed by atoms with Crippen molar-refractivity contribution >= 4 is 24.6 Å². The molecule has 1 unspecified atom stereocenters. The molecule has 0 aliphatic carbocycles. The molecule has 1 saturated heterocycles. The number of carbonyl (C=O) groups excluding carboxylic acids is 2. The van der Waals surface area contributed by atoms with Crippen molar-refractivity contribution in [3.05, 3.63) is 0 Å². The van der Waals surface area contributed by atoms with Gasteiger partial charge >= 0.3 is 6.03 Å². The van der Waals surface area contributed by atoms with Gasteiger partial charge in [-0.05, 0) is 12.8 Å². The molecular weight excluding hydrogens is 224 g/mol. The Bertz CT molecular complexity index is 271. The fourth-order valence-electron chi connectivity index (χ4n) is 1.88. The van der Waals surface area contributed by atoms with Crippen molar-refractivity contribution in [3.63, 3.8) is 0 Å². The van der Waals surface area contributed by atoms with Crippen LogP contribution in [0.5, 0.6) is 0 Å². The summed E-state index contributed by atoms with van der Waals surface area (Å²) in [6.45, 7) is 5.21. The molecule has 0 radical (unpaired) electrons. The van der Waals surface area contributed by atoms with E-state index in [9.17, 15) is 9.59 Å². The molecule has 4 nitrogen and oxygen atoms in total. The van der Waals surface area contributed by atoms with Crippen LogP contribution in [0.15, 0.2) is 0 Å². The third kappa shape index (κ3) is 2.51. The highest BCUT2D eigenvalue weighted by atomic mass is 32.1. The highest BCUT2D eigenvalue weighted by Crippen LogP contribution is 2.19. The molecule has 1 rings (SSSR count). The first-order chi connectivity index (χ1) is 7.67. The molecule has 3 amide bonds. The van der Waals surface area contributed by atoms with Crippen LogP contribution in [0, 0.1) is 0 Å². The second kappa shape index (κ2) is 6.13. The van der Waals surface area contributed by atoms with Gasteiger partial charge in [0.05, 0.1) is 0 Å². The maximum atomic E-state index is 12.0. The van der Waals surface area contributed by atoms with Crippen LogP contribution >= 0.6 is 12.6 Å². The van der Waals surface area contributed by atoms with Crippen LogP contribution in [0.4, 0.5) is 4.79 Å². The number of hydrogen-bond donors (Lipinski definition) is 1. The molecule has 5 heteroatoms. The van der Waals surface area contributed by atoms with Gasteiger partial charge in [-0.2, -0.15) is 12.6 Å². The fourth-order valence-corrected chi connectivity index (χ4v) is 2.24. The molecule has 0 N–H and O–H groups in total. The van der Waals surface area contributed by atoms with Crippen molar-refractivity contribution in [3.8, 4) is 0 Å². The third-order valence-electron chi connectivity index (χ3n) is 2.78. The summed E-state index contributed by atoms with van der Waals surface area (Å²) in [5, 5.41) is 0. The predicted molar refractivity (Wildman–Crippen MR) is 66.7 cm³/mol. The van der Waals surface area contributed by atoms with Crippen LogP contribution in [0.3, 0.4) is 0 Å². The first-order valence-corrected chi connectivity index (χ1v) is 6.53. The molecule has 1 aliphatic rings. The summed E-state index contributed by atoms with van der Waals surface area (Å²) in [5.74, 6) is 0.326. The summed E-state index contributed by atoms with van der Waals surface area (Å²) in [5.41, 5.74) is 0. The number of carbonyl (C=O) groups is 2. The van der Waals surface area contributed by atoms with Crippen LogP contribution in [0.1, 0.15) is 33.1 Å². The average molecular weight is 244 g/mol. The van der Waals surface area contributed by atoms with Gasteiger partial charge in [0.15, 0.2) is 0 Å². The second-order valence-electron chi connectivity index (χ2n) is 4.02. The monoisotopic (exact) mass is 244 g/mol. The number of nitrogens with zero attached hydrogens (tertiary/aromatic N) is 2. The van der Waals surface area contributed by atoms with Crippen molar-refractivity contribution < 1.29 is 9.59 Å². The fraction of sp³-hybridized carbons (Fsp3) is 0.818. The van der Waals surface area contributed by atoms with Crippen molar-refractivity contribution in [2.75, 3.05) is 18.8 Å². The Balaban J connectivity index is 2.75. The van der Waals surface area contributed by atoms with Gasteiger partial charge in [0.25, 0.3) is 5.91 Å². The maximum Gasteiger partial charge on any atom is 0.327 e. The Hall–Kier alpha value is -0.710. The Morgan fingerprint density at radius 1 is 1.19 bits per heavy atom. The lowest BCUT2D eigenvalue weighted by molar-refractivity contribution is -0.127. The largest absolute Gasteiger partial charge is 0.327 e. The van der Waals surface area contributed by atoms with E-state index in [1.807, 2.05) is 6.92 Å². The van der Waals surface area contributed by atoms with E-state index in [2.05, 4.69) is 19.6 Å². The number of thiol groups is 1. The molecule has 1 heterocycles. The molecule has 0 aromatic carbocycles. The number of hydrogen-bond acceptors (Lipinski definition) is 3. The molecule has 0 saturated carbocycles. The highest BCUT2D eigenvalue weighted by molar-refractivity contribution is 7.80. The summed E-state index contributed by atoms with van der Waals surface area (Å²) in [6, 6.07) is -0.492. The number of unbranched alkanes of at least 4 members (excludes halogenated alkanes) is 1. The number of amides is 3. The van der Waals surface area contributed by atoms with E-state index in [0.29, 0.717) is 18.8 Å². The van der Waals surface area contributed by atoms with Crippen LogP contribution in [0.25, 0.3) is 0 Å². The summed E-state index contributed by atoms with van der Waals surface area (Å²) in [6.07, 6.45) is 2.76. The van der Waals surface area contributed by atoms with Crippen LogP contribution in [-0.2, 0) is 4.79 Å². The first kappa shape index (κ1) is 13.4. The maximum absolute atomic E-state index is 12.0.